The van der Waals surface area contributed by atoms with Crippen LogP contribution in [0, 0.1) is 0 Å². The van der Waals surface area contributed by atoms with Crippen LogP contribution in [0.25, 0.3) is 0 Å². The van der Waals surface area contributed by atoms with Gasteiger partial charge in [-0.1, -0.05) is 26.2 Å². The quantitative estimate of drug-likeness (QED) is 0.721. The molecule has 1 aromatic carbocycles. The second-order valence-electron chi connectivity index (χ2n) is 4.78. The Bertz CT molecular complexity index is 567. The molecule has 0 aliphatic rings. The van der Waals surface area contributed by atoms with E-state index in [1.54, 1.807) is 0 Å². The molecule has 0 saturated carbocycles. The Hall–Kier alpha value is -1.56. The van der Waals surface area contributed by atoms with E-state index >= 15 is 0 Å². The first-order valence-corrected chi connectivity index (χ1v) is 8.56. The van der Waals surface area contributed by atoms with Crippen LogP contribution in [0.1, 0.15) is 43.0 Å². The highest BCUT2D eigenvalue weighted by Crippen LogP contribution is 2.23. The van der Waals surface area contributed by atoms with Crippen LogP contribution >= 0.6 is 0 Å². The van der Waals surface area contributed by atoms with Crippen molar-refractivity contribution in [2.45, 2.75) is 37.5 Å². The molecule has 0 radical (unpaired) electrons. The van der Waals surface area contributed by atoms with Crippen LogP contribution in [0.3, 0.4) is 0 Å². The third kappa shape index (κ3) is 4.85. The Kier molecular flexibility index (Phi) is 6.01. The lowest BCUT2D eigenvalue weighted by molar-refractivity contribution is 0.0696. The monoisotopic (exact) mass is 299 g/mol. The standard InChI is InChI=1S/C14H21NO4S/c1-3-4-5-6-9-15-12-8-7-11(14(16)17)10-13(12)20(2,18)19/h7-8,10,15H,3-6,9H2,1-2H3,(H,16,17). The summed E-state index contributed by atoms with van der Waals surface area (Å²) in [4.78, 5) is 10.9. The molecule has 1 aromatic rings. The van der Waals surface area contributed by atoms with Crippen molar-refractivity contribution < 1.29 is 18.3 Å². The number of sulfone groups is 1. The number of unbranched alkanes of at least 4 members (excludes halogenated alkanes) is 3. The summed E-state index contributed by atoms with van der Waals surface area (Å²) in [5.74, 6) is -1.13. The lowest BCUT2D eigenvalue weighted by atomic mass is 10.2. The summed E-state index contributed by atoms with van der Waals surface area (Å²) in [5, 5.41) is 12.0. The maximum atomic E-state index is 11.7. The van der Waals surface area contributed by atoms with E-state index in [9.17, 15) is 13.2 Å². The molecule has 6 heteroatoms. The Morgan fingerprint density at radius 3 is 2.50 bits per heavy atom. The van der Waals surface area contributed by atoms with Crippen LogP contribution in [0.4, 0.5) is 5.69 Å². The highest BCUT2D eigenvalue weighted by atomic mass is 32.2. The number of carboxylic acids is 1. The van der Waals surface area contributed by atoms with Gasteiger partial charge in [-0.25, -0.2) is 13.2 Å². The van der Waals surface area contributed by atoms with Gasteiger partial charge in [0.05, 0.1) is 16.1 Å². The van der Waals surface area contributed by atoms with Crippen molar-refractivity contribution in [3.05, 3.63) is 23.8 Å². The fraction of sp³-hybridized carbons (Fsp3) is 0.500. The molecule has 5 nitrogen and oxygen atoms in total. The van der Waals surface area contributed by atoms with Crippen LogP contribution in [0.15, 0.2) is 23.1 Å². The zero-order valence-electron chi connectivity index (χ0n) is 11.8. The molecule has 0 bridgehead atoms. The van der Waals surface area contributed by atoms with Crippen molar-refractivity contribution in [3.63, 3.8) is 0 Å². The number of hydrogen-bond acceptors (Lipinski definition) is 4. The molecule has 0 saturated heterocycles. The van der Waals surface area contributed by atoms with Crippen molar-refractivity contribution in [1.29, 1.82) is 0 Å². The van der Waals surface area contributed by atoms with Crippen LogP contribution in [0.2, 0.25) is 0 Å². The SMILES string of the molecule is CCCCCCNc1ccc(C(=O)O)cc1S(C)(=O)=O. The van der Waals surface area contributed by atoms with Gasteiger partial charge in [-0.3, -0.25) is 0 Å². The van der Waals surface area contributed by atoms with Crippen molar-refractivity contribution in [2.75, 3.05) is 18.1 Å². The second-order valence-corrected chi connectivity index (χ2v) is 6.76. The minimum atomic E-state index is -3.46. The van der Waals surface area contributed by atoms with Gasteiger partial charge in [-0.15, -0.1) is 0 Å². The summed E-state index contributed by atoms with van der Waals surface area (Å²) in [7, 11) is -3.46. The lowest BCUT2D eigenvalue weighted by Crippen LogP contribution is -2.09. The predicted molar refractivity (Wildman–Crippen MR) is 79.1 cm³/mol. The summed E-state index contributed by atoms with van der Waals surface area (Å²) in [5.41, 5.74) is 0.441. The molecular formula is C14H21NO4S. The summed E-state index contributed by atoms with van der Waals surface area (Å²) in [6.45, 7) is 2.80. The van der Waals surface area contributed by atoms with Gasteiger partial charge in [0.2, 0.25) is 0 Å². The molecule has 0 aliphatic carbocycles. The second kappa shape index (κ2) is 7.28. The van der Waals surface area contributed by atoms with Crippen molar-refractivity contribution in [3.8, 4) is 0 Å². The Morgan fingerprint density at radius 1 is 1.25 bits per heavy atom. The number of carboxylic acid groups (broad SMARTS) is 1. The zero-order valence-corrected chi connectivity index (χ0v) is 12.7. The number of carbonyl (C=O) groups is 1. The number of rotatable bonds is 8. The first-order valence-electron chi connectivity index (χ1n) is 6.67. The van der Waals surface area contributed by atoms with E-state index < -0.39 is 15.8 Å². The smallest absolute Gasteiger partial charge is 0.335 e. The van der Waals surface area contributed by atoms with E-state index in [0.717, 1.165) is 31.9 Å². The maximum Gasteiger partial charge on any atom is 0.335 e. The van der Waals surface area contributed by atoms with Gasteiger partial charge >= 0.3 is 5.97 Å². The molecule has 0 heterocycles. The van der Waals surface area contributed by atoms with Gasteiger partial charge in [0.15, 0.2) is 9.84 Å². The molecule has 2 N–H and O–H groups in total. The van der Waals surface area contributed by atoms with E-state index in [-0.39, 0.29) is 10.5 Å². The number of benzene rings is 1. The minimum absolute atomic E-state index is 0.0260. The van der Waals surface area contributed by atoms with Crippen LogP contribution in [-0.2, 0) is 9.84 Å². The van der Waals surface area contributed by atoms with E-state index in [0.29, 0.717) is 12.2 Å². The fourth-order valence-electron chi connectivity index (χ4n) is 1.88. The van der Waals surface area contributed by atoms with E-state index in [4.69, 9.17) is 5.11 Å². The van der Waals surface area contributed by atoms with Crippen LogP contribution < -0.4 is 5.32 Å². The summed E-state index contributed by atoms with van der Waals surface area (Å²) in [6, 6.07) is 4.12. The predicted octanol–water partition coefficient (Wildman–Crippen LogP) is 2.78. The lowest BCUT2D eigenvalue weighted by Gasteiger charge is -2.11. The third-order valence-corrected chi connectivity index (χ3v) is 4.11. The minimum Gasteiger partial charge on any atom is -0.478 e. The van der Waals surface area contributed by atoms with Gasteiger partial charge < -0.3 is 10.4 Å². The molecule has 0 fully saturated rings. The maximum absolute atomic E-state index is 11.7. The van der Waals surface area contributed by atoms with Crippen LogP contribution in [-0.4, -0.2) is 32.3 Å². The van der Waals surface area contributed by atoms with Crippen molar-refractivity contribution in [1.82, 2.24) is 0 Å². The fourth-order valence-corrected chi connectivity index (χ4v) is 2.76. The molecule has 1 rings (SSSR count). The Morgan fingerprint density at radius 2 is 1.95 bits per heavy atom. The van der Waals surface area contributed by atoms with E-state index in [2.05, 4.69) is 12.2 Å². The molecule has 0 aliphatic heterocycles. The normalized spacial score (nSPS) is 11.3. The summed E-state index contributed by atoms with van der Waals surface area (Å²) < 4.78 is 23.5. The molecule has 20 heavy (non-hydrogen) atoms. The first kappa shape index (κ1) is 16.5. The molecule has 0 spiro atoms. The first-order chi connectivity index (χ1) is 9.36. The summed E-state index contributed by atoms with van der Waals surface area (Å²) in [6.07, 6.45) is 5.42. The molecule has 0 aromatic heterocycles. The Balaban J connectivity index is 2.87. The average molecular weight is 299 g/mol. The molecule has 0 atom stereocenters. The zero-order chi connectivity index (χ0) is 15.2. The van der Waals surface area contributed by atoms with Gasteiger partial charge in [0.25, 0.3) is 0 Å². The molecule has 0 amide bonds. The number of nitrogens with one attached hydrogen (secondary N) is 1. The largest absolute Gasteiger partial charge is 0.478 e. The highest BCUT2D eigenvalue weighted by Gasteiger charge is 2.16. The number of aromatic carboxylic acids is 1. The van der Waals surface area contributed by atoms with E-state index in [1.165, 1.54) is 18.2 Å². The Labute approximate surface area is 119 Å². The van der Waals surface area contributed by atoms with Gasteiger partial charge in [-0.05, 0) is 24.6 Å². The van der Waals surface area contributed by atoms with E-state index in [1.807, 2.05) is 0 Å². The molecular weight excluding hydrogens is 278 g/mol. The molecule has 0 unspecified atom stereocenters. The van der Waals surface area contributed by atoms with Crippen molar-refractivity contribution in [2.24, 2.45) is 0 Å². The third-order valence-electron chi connectivity index (χ3n) is 2.97. The van der Waals surface area contributed by atoms with Gasteiger partial charge in [-0.2, -0.15) is 0 Å². The molecule has 112 valence electrons. The van der Waals surface area contributed by atoms with Crippen molar-refractivity contribution >= 4 is 21.5 Å². The average Bonchev–Trinajstić information content (AvgIpc) is 2.37. The van der Waals surface area contributed by atoms with Gasteiger partial charge in [0, 0.05) is 12.8 Å². The summed E-state index contributed by atoms with van der Waals surface area (Å²) >= 11 is 0. The van der Waals surface area contributed by atoms with Gasteiger partial charge in [0.1, 0.15) is 0 Å². The highest BCUT2D eigenvalue weighted by molar-refractivity contribution is 7.90. The van der Waals surface area contributed by atoms with Crippen LogP contribution in [0.5, 0.6) is 0 Å². The topological polar surface area (TPSA) is 83.5 Å². The number of hydrogen-bond donors (Lipinski definition) is 2. The number of anilines is 1.